The number of nitrogens with zero attached hydrogens (tertiary/aromatic N) is 3. The number of imidazole rings is 1. The number of H-pyrrole nitrogens is 1. The molecule has 7 heteroatoms. The van der Waals surface area contributed by atoms with Crippen molar-refractivity contribution in [3.63, 3.8) is 0 Å². The monoisotopic (exact) mass is 410 g/mol. The van der Waals surface area contributed by atoms with Crippen molar-refractivity contribution in [3.05, 3.63) is 70.2 Å². The van der Waals surface area contributed by atoms with E-state index in [2.05, 4.69) is 31.1 Å². The zero-order valence-corrected chi connectivity index (χ0v) is 15.5. The first-order valence-corrected chi connectivity index (χ1v) is 8.57. The van der Waals surface area contributed by atoms with Crippen LogP contribution < -0.4 is 0 Å². The summed E-state index contributed by atoms with van der Waals surface area (Å²) in [5, 5.41) is 23.6. The SMILES string of the molecule is C/C(=N\OCC(O)=C(C#N)c1nc2ccccc2[nH]1)c1ccc(Br)cc1. The molecule has 1 heterocycles. The molecule has 0 spiro atoms. The Morgan fingerprint density at radius 2 is 2.00 bits per heavy atom. The van der Waals surface area contributed by atoms with Crippen molar-refractivity contribution < 1.29 is 9.94 Å². The molecule has 0 fully saturated rings. The Morgan fingerprint density at radius 3 is 2.69 bits per heavy atom. The highest BCUT2D eigenvalue weighted by Gasteiger charge is 2.13. The van der Waals surface area contributed by atoms with E-state index in [0.29, 0.717) is 17.1 Å². The van der Waals surface area contributed by atoms with E-state index in [1.54, 1.807) is 6.92 Å². The number of nitriles is 1. The molecular weight excluding hydrogens is 396 g/mol. The standard InChI is InChI=1S/C19H15BrN4O2/c1-12(13-6-8-14(20)9-7-13)24-26-11-18(25)15(10-21)19-22-16-4-2-3-5-17(16)23-19/h2-9,25H,11H2,1H3,(H,22,23)/b18-15?,24-12+. The molecule has 2 N–H and O–H groups in total. The molecule has 0 aliphatic rings. The molecule has 0 radical (unpaired) electrons. The molecule has 3 rings (SSSR count). The predicted octanol–water partition coefficient (Wildman–Crippen LogP) is 4.56. The Labute approximate surface area is 158 Å². The highest BCUT2D eigenvalue weighted by atomic mass is 79.9. The van der Waals surface area contributed by atoms with Gasteiger partial charge in [-0.05, 0) is 36.8 Å². The van der Waals surface area contributed by atoms with Crippen LogP contribution in [0.25, 0.3) is 16.6 Å². The molecule has 0 amide bonds. The van der Waals surface area contributed by atoms with Gasteiger partial charge in [0.1, 0.15) is 11.6 Å². The number of hydrogen-bond donors (Lipinski definition) is 2. The number of aromatic amines is 1. The largest absolute Gasteiger partial charge is 0.507 e. The molecule has 0 saturated heterocycles. The lowest BCUT2D eigenvalue weighted by Crippen LogP contribution is -2.01. The first kappa shape index (κ1) is 17.7. The van der Waals surface area contributed by atoms with E-state index in [0.717, 1.165) is 15.6 Å². The number of rotatable bonds is 5. The summed E-state index contributed by atoms with van der Waals surface area (Å²) in [6, 6.07) is 17.0. The maximum atomic E-state index is 10.2. The summed E-state index contributed by atoms with van der Waals surface area (Å²) in [6.45, 7) is 1.57. The molecule has 0 aliphatic carbocycles. The molecule has 2 aromatic carbocycles. The first-order valence-electron chi connectivity index (χ1n) is 7.78. The Bertz CT molecular complexity index is 997. The van der Waals surface area contributed by atoms with Gasteiger partial charge in [-0.1, -0.05) is 45.4 Å². The van der Waals surface area contributed by atoms with Gasteiger partial charge in [0.2, 0.25) is 0 Å². The van der Waals surface area contributed by atoms with Gasteiger partial charge < -0.3 is 14.9 Å². The summed E-state index contributed by atoms with van der Waals surface area (Å²) in [5.41, 5.74) is 3.08. The fraction of sp³-hybridized carbons (Fsp3) is 0.105. The molecule has 1 aromatic heterocycles. The van der Waals surface area contributed by atoms with E-state index in [9.17, 15) is 10.4 Å². The fourth-order valence-corrected chi connectivity index (χ4v) is 2.60. The predicted molar refractivity (Wildman–Crippen MR) is 104 cm³/mol. The Balaban J connectivity index is 1.75. The lowest BCUT2D eigenvalue weighted by molar-refractivity contribution is 0.137. The minimum atomic E-state index is -0.237. The van der Waals surface area contributed by atoms with Crippen molar-refractivity contribution in [2.75, 3.05) is 6.61 Å². The number of oxime groups is 1. The molecule has 3 aromatic rings. The Hall–Kier alpha value is -3.11. The summed E-state index contributed by atoms with van der Waals surface area (Å²) in [7, 11) is 0. The topological polar surface area (TPSA) is 94.3 Å². The van der Waals surface area contributed by atoms with Crippen molar-refractivity contribution in [2.45, 2.75) is 6.92 Å². The third-order valence-electron chi connectivity index (χ3n) is 3.69. The summed E-state index contributed by atoms with van der Waals surface area (Å²) < 4.78 is 0.972. The van der Waals surface area contributed by atoms with Gasteiger partial charge in [0.25, 0.3) is 0 Å². The number of fused-ring (bicyclic) bond motifs is 1. The minimum Gasteiger partial charge on any atom is -0.507 e. The summed E-state index contributed by atoms with van der Waals surface area (Å²) in [5.74, 6) is 0.0577. The summed E-state index contributed by atoms with van der Waals surface area (Å²) in [6.07, 6.45) is 0. The van der Waals surface area contributed by atoms with Crippen LogP contribution in [0.5, 0.6) is 0 Å². The Kier molecular flexibility index (Phi) is 5.34. The molecule has 0 saturated carbocycles. The van der Waals surface area contributed by atoms with Gasteiger partial charge in [-0.3, -0.25) is 0 Å². The molecular formula is C19H15BrN4O2. The van der Waals surface area contributed by atoms with Gasteiger partial charge in [-0.15, -0.1) is 0 Å². The van der Waals surface area contributed by atoms with Crippen LogP contribution in [0.15, 0.2) is 63.9 Å². The molecule has 26 heavy (non-hydrogen) atoms. The van der Waals surface area contributed by atoms with Crippen LogP contribution in [0.1, 0.15) is 18.3 Å². The third kappa shape index (κ3) is 3.92. The lowest BCUT2D eigenvalue weighted by atomic mass is 10.1. The highest BCUT2D eigenvalue weighted by molar-refractivity contribution is 9.10. The van der Waals surface area contributed by atoms with Crippen LogP contribution >= 0.6 is 15.9 Å². The van der Waals surface area contributed by atoms with Crippen LogP contribution in [0, 0.1) is 11.3 Å². The van der Waals surface area contributed by atoms with E-state index < -0.39 is 0 Å². The van der Waals surface area contributed by atoms with E-state index in [1.165, 1.54) is 0 Å². The second kappa shape index (κ2) is 7.85. The maximum absolute atomic E-state index is 10.2. The van der Waals surface area contributed by atoms with E-state index in [-0.39, 0.29) is 17.9 Å². The van der Waals surface area contributed by atoms with Crippen molar-refractivity contribution in [1.82, 2.24) is 9.97 Å². The zero-order chi connectivity index (χ0) is 18.5. The summed E-state index contributed by atoms with van der Waals surface area (Å²) in [4.78, 5) is 12.5. The van der Waals surface area contributed by atoms with Gasteiger partial charge in [-0.25, -0.2) is 4.98 Å². The van der Waals surface area contributed by atoms with Gasteiger partial charge in [-0.2, -0.15) is 5.26 Å². The molecule has 0 bridgehead atoms. The second-order valence-electron chi connectivity index (χ2n) is 5.49. The molecule has 0 atom stereocenters. The minimum absolute atomic E-state index is 0.0256. The number of aromatic nitrogens is 2. The first-order chi connectivity index (χ1) is 12.6. The van der Waals surface area contributed by atoms with Crippen LogP contribution in [0.2, 0.25) is 0 Å². The number of aliphatic hydroxyl groups excluding tert-OH is 1. The zero-order valence-electron chi connectivity index (χ0n) is 13.9. The van der Waals surface area contributed by atoms with Crippen molar-refractivity contribution >= 4 is 38.2 Å². The van der Waals surface area contributed by atoms with Gasteiger partial charge in [0.15, 0.2) is 18.2 Å². The number of aliphatic hydroxyl groups is 1. The van der Waals surface area contributed by atoms with E-state index in [4.69, 9.17) is 4.84 Å². The number of allylic oxidation sites excluding steroid dienone is 1. The van der Waals surface area contributed by atoms with Crippen LogP contribution in [0.4, 0.5) is 0 Å². The van der Waals surface area contributed by atoms with Gasteiger partial charge in [0, 0.05) is 4.47 Å². The van der Waals surface area contributed by atoms with Crippen molar-refractivity contribution in [1.29, 1.82) is 5.26 Å². The average molecular weight is 411 g/mol. The Morgan fingerprint density at radius 1 is 1.27 bits per heavy atom. The fourth-order valence-electron chi connectivity index (χ4n) is 2.33. The van der Waals surface area contributed by atoms with Crippen molar-refractivity contribution in [3.8, 4) is 6.07 Å². The van der Waals surface area contributed by atoms with Crippen molar-refractivity contribution in [2.24, 2.45) is 5.16 Å². The lowest BCUT2D eigenvalue weighted by Gasteiger charge is -2.04. The van der Waals surface area contributed by atoms with Gasteiger partial charge in [0.05, 0.1) is 16.7 Å². The number of benzene rings is 2. The third-order valence-corrected chi connectivity index (χ3v) is 4.22. The van der Waals surface area contributed by atoms with E-state index >= 15 is 0 Å². The molecule has 0 unspecified atom stereocenters. The molecule has 130 valence electrons. The number of halogens is 1. The highest BCUT2D eigenvalue weighted by Crippen LogP contribution is 2.19. The number of nitrogens with one attached hydrogen (secondary N) is 1. The number of para-hydroxylation sites is 2. The smallest absolute Gasteiger partial charge is 0.175 e. The van der Waals surface area contributed by atoms with E-state index in [1.807, 2.05) is 54.6 Å². The number of hydrogen-bond acceptors (Lipinski definition) is 5. The molecule has 6 nitrogen and oxygen atoms in total. The van der Waals surface area contributed by atoms with Gasteiger partial charge >= 0.3 is 0 Å². The van der Waals surface area contributed by atoms with Crippen LogP contribution in [-0.4, -0.2) is 27.4 Å². The quantitative estimate of drug-likeness (QED) is 0.279. The summed E-state index contributed by atoms with van der Waals surface area (Å²) >= 11 is 3.38. The molecule has 0 aliphatic heterocycles. The second-order valence-corrected chi connectivity index (χ2v) is 6.41. The average Bonchev–Trinajstić information content (AvgIpc) is 3.06. The van der Waals surface area contributed by atoms with Crippen LogP contribution in [0.3, 0.4) is 0 Å². The van der Waals surface area contributed by atoms with Crippen LogP contribution in [-0.2, 0) is 4.84 Å². The maximum Gasteiger partial charge on any atom is 0.175 e. The normalized spacial score (nSPS) is 12.6.